The van der Waals surface area contributed by atoms with E-state index in [1.807, 2.05) is 6.20 Å². The molecule has 4 heterocycles. The normalized spacial score (nSPS) is 15.3. The third-order valence-corrected chi connectivity index (χ3v) is 9.90. The first-order valence-corrected chi connectivity index (χ1v) is 14.5. The van der Waals surface area contributed by atoms with Crippen molar-refractivity contribution in [3.8, 4) is 28.1 Å². The smallest absolute Gasteiger partial charge is 0.0582 e. The molecule has 0 unspecified atom stereocenters. The van der Waals surface area contributed by atoms with Gasteiger partial charge in [0.15, 0.2) is 0 Å². The van der Waals surface area contributed by atoms with Crippen molar-refractivity contribution < 1.29 is 20.1 Å². The molecule has 0 atom stereocenters. The zero-order valence-corrected chi connectivity index (χ0v) is 26.4. The van der Waals surface area contributed by atoms with Gasteiger partial charge >= 0.3 is 0 Å². The molecule has 3 heteroatoms. The molecule has 7 aromatic rings. The topological polar surface area (TPSA) is 17.8 Å². The number of pyridine rings is 1. The Kier molecular flexibility index (Phi) is 5.19. The third kappa shape index (κ3) is 3.11. The van der Waals surface area contributed by atoms with Crippen LogP contribution in [0.4, 0.5) is 0 Å². The molecule has 0 amide bonds. The first-order valence-electron chi connectivity index (χ1n) is 14.5. The summed E-state index contributed by atoms with van der Waals surface area (Å²) < 4.78 is 2.59. The minimum absolute atomic E-state index is 0. The molecule has 0 aliphatic carbocycles. The Labute approximate surface area is 259 Å². The largest absolute Gasteiger partial charge is 0.308 e. The molecule has 2 aromatic heterocycles. The molecule has 2 aliphatic heterocycles. The standard InChI is InChI=1S/C39H29N2.Ir/c1-38(2)30-15-8-14-28-29-21-26(24-11-7-12-25(20-24)34-27-13-6-5-10-23(27)18-19-40-34)22-33-36(29)41(35(28)30)37-31(38)16-9-17-32(37)39(33,3)4;/h5-11,13-22H,1-4H3;/q-1;. The number of benzene rings is 5. The van der Waals surface area contributed by atoms with E-state index in [1.54, 1.807) is 0 Å². The van der Waals surface area contributed by atoms with Crippen LogP contribution in [0.25, 0.3) is 60.6 Å². The van der Waals surface area contributed by atoms with Crippen LogP contribution in [0.5, 0.6) is 0 Å². The van der Waals surface area contributed by atoms with Gasteiger partial charge in [-0.05, 0) is 62.5 Å². The van der Waals surface area contributed by atoms with Crippen LogP contribution in [0.1, 0.15) is 49.9 Å². The van der Waals surface area contributed by atoms with E-state index in [1.165, 1.54) is 66.3 Å². The molecule has 0 N–H and O–H groups in total. The van der Waals surface area contributed by atoms with E-state index in [0.29, 0.717) is 0 Å². The molecule has 2 nitrogen and oxygen atoms in total. The number of nitrogens with zero attached hydrogens (tertiary/aromatic N) is 2. The van der Waals surface area contributed by atoms with E-state index in [4.69, 9.17) is 4.98 Å². The van der Waals surface area contributed by atoms with Crippen molar-refractivity contribution >= 4 is 32.6 Å². The fourth-order valence-corrected chi connectivity index (χ4v) is 7.77. The second-order valence-electron chi connectivity index (χ2n) is 12.8. The summed E-state index contributed by atoms with van der Waals surface area (Å²) in [6, 6.07) is 39.2. The van der Waals surface area contributed by atoms with Gasteiger partial charge in [-0.2, -0.15) is 0 Å². The van der Waals surface area contributed by atoms with Gasteiger partial charge in [0.25, 0.3) is 0 Å². The van der Waals surface area contributed by atoms with Crippen LogP contribution in [0, 0.1) is 6.07 Å². The second-order valence-corrected chi connectivity index (χ2v) is 12.8. The molecule has 205 valence electrons. The molecule has 0 spiro atoms. The number of hydrogen-bond acceptors (Lipinski definition) is 1. The minimum atomic E-state index is -0.140. The first-order chi connectivity index (χ1) is 19.9. The maximum Gasteiger partial charge on any atom is 0.0582 e. The quantitative estimate of drug-likeness (QED) is 0.163. The molecule has 0 fully saturated rings. The molecule has 1 radical (unpaired) electrons. The van der Waals surface area contributed by atoms with E-state index in [9.17, 15) is 0 Å². The maximum absolute atomic E-state index is 4.79. The predicted octanol–water partition coefficient (Wildman–Crippen LogP) is 9.74. The molecule has 9 rings (SSSR count). The molecule has 0 saturated carbocycles. The Morgan fingerprint density at radius 3 is 2.14 bits per heavy atom. The van der Waals surface area contributed by atoms with Crippen molar-refractivity contribution in [2.24, 2.45) is 0 Å². The number of hydrogen-bond donors (Lipinski definition) is 0. The number of aromatic nitrogens is 2. The maximum atomic E-state index is 4.79. The van der Waals surface area contributed by atoms with Crippen molar-refractivity contribution in [2.75, 3.05) is 0 Å². The van der Waals surface area contributed by atoms with Gasteiger partial charge in [-0.15, -0.1) is 35.4 Å². The van der Waals surface area contributed by atoms with Gasteiger partial charge in [0, 0.05) is 47.9 Å². The van der Waals surface area contributed by atoms with Crippen LogP contribution in [-0.2, 0) is 30.9 Å². The number of fused-ring (bicyclic) bond motifs is 2. The van der Waals surface area contributed by atoms with Gasteiger partial charge in [-0.25, -0.2) is 0 Å². The Morgan fingerprint density at radius 2 is 1.31 bits per heavy atom. The van der Waals surface area contributed by atoms with Gasteiger partial charge in [0.1, 0.15) is 0 Å². The van der Waals surface area contributed by atoms with Crippen molar-refractivity contribution in [1.29, 1.82) is 0 Å². The van der Waals surface area contributed by atoms with Gasteiger partial charge in [0.2, 0.25) is 0 Å². The third-order valence-electron chi connectivity index (χ3n) is 9.90. The summed E-state index contributed by atoms with van der Waals surface area (Å²) in [4.78, 5) is 4.79. The summed E-state index contributed by atoms with van der Waals surface area (Å²) in [5, 5.41) is 5.02. The first kappa shape index (κ1) is 25.7. The van der Waals surface area contributed by atoms with Crippen LogP contribution in [0.15, 0.2) is 103 Å². The summed E-state index contributed by atoms with van der Waals surface area (Å²) in [7, 11) is 0. The van der Waals surface area contributed by atoms with E-state index in [-0.39, 0.29) is 30.9 Å². The van der Waals surface area contributed by atoms with Gasteiger partial charge in [-0.3, -0.25) is 0 Å². The van der Waals surface area contributed by atoms with Gasteiger partial charge in [-0.1, -0.05) is 88.4 Å². The summed E-state index contributed by atoms with van der Waals surface area (Å²) in [5.41, 5.74) is 13.9. The zero-order valence-electron chi connectivity index (χ0n) is 24.0. The minimum Gasteiger partial charge on any atom is -0.308 e. The number of rotatable bonds is 2. The van der Waals surface area contributed by atoms with Crippen molar-refractivity contribution in [1.82, 2.24) is 9.55 Å². The number of para-hydroxylation sites is 2. The van der Waals surface area contributed by atoms with Crippen molar-refractivity contribution in [3.63, 3.8) is 0 Å². The van der Waals surface area contributed by atoms with Gasteiger partial charge < -0.3 is 9.55 Å². The molecule has 0 bridgehead atoms. The molecule has 0 saturated heterocycles. The monoisotopic (exact) mass is 718 g/mol. The SMILES string of the molecule is CC1(C)c2cccc3c2-n2c4c1cccc4c1cc(-c4cc[c-]c(-c5nccc6ccccc56)c4)cc(c12)C3(C)C.[Ir]. The fraction of sp³-hybridized carbons (Fsp3) is 0.154. The summed E-state index contributed by atoms with van der Waals surface area (Å²) >= 11 is 0. The van der Waals surface area contributed by atoms with E-state index >= 15 is 0 Å². The van der Waals surface area contributed by atoms with Crippen LogP contribution in [-0.4, -0.2) is 9.55 Å². The van der Waals surface area contributed by atoms with E-state index < -0.39 is 0 Å². The average molecular weight is 718 g/mol. The molecular weight excluding hydrogens is 689 g/mol. The summed E-state index contributed by atoms with van der Waals surface area (Å²) in [6.07, 6.45) is 1.90. The zero-order chi connectivity index (χ0) is 27.7. The molecule has 5 aromatic carbocycles. The summed E-state index contributed by atoms with van der Waals surface area (Å²) in [5.74, 6) is 0. The Bertz CT molecular complexity index is 2260. The van der Waals surface area contributed by atoms with E-state index in [0.717, 1.165) is 16.6 Å². The second kappa shape index (κ2) is 8.51. The van der Waals surface area contributed by atoms with Crippen LogP contribution >= 0.6 is 0 Å². The van der Waals surface area contributed by atoms with Crippen molar-refractivity contribution in [3.05, 3.63) is 132 Å². The summed E-state index contributed by atoms with van der Waals surface area (Å²) in [6.45, 7) is 9.57. The molecule has 2 aliphatic rings. The van der Waals surface area contributed by atoms with Crippen LogP contribution in [0.2, 0.25) is 0 Å². The Morgan fingerprint density at radius 1 is 0.619 bits per heavy atom. The molecular formula is C39H29IrN2-. The van der Waals surface area contributed by atoms with Crippen LogP contribution < -0.4 is 0 Å². The Balaban J connectivity index is 0.00000267. The fourth-order valence-electron chi connectivity index (χ4n) is 7.77. The van der Waals surface area contributed by atoms with Crippen LogP contribution in [0.3, 0.4) is 0 Å². The van der Waals surface area contributed by atoms with E-state index in [2.05, 4.69) is 135 Å². The van der Waals surface area contributed by atoms with Crippen molar-refractivity contribution in [2.45, 2.75) is 38.5 Å². The average Bonchev–Trinajstić information content (AvgIpc) is 3.33. The Hall–Kier alpha value is -4.04. The molecule has 42 heavy (non-hydrogen) atoms. The predicted molar refractivity (Wildman–Crippen MR) is 170 cm³/mol. The van der Waals surface area contributed by atoms with Gasteiger partial charge in [0.05, 0.1) is 16.7 Å².